The molecule has 5 heteroatoms. The van der Waals surface area contributed by atoms with Gasteiger partial charge in [0.15, 0.2) is 0 Å². The number of hydrogen-bond donors (Lipinski definition) is 1. The van der Waals surface area contributed by atoms with E-state index in [1.807, 2.05) is 30.3 Å². The number of hydrogen-bond acceptors (Lipinski definition) is 3. The lowest BCUT2D eigenvalue weighted by molar-refractivity contribution is -0.155. The SMILES string of the molecule is CC(C)CCOC(C)C(=O)N(Cc1ccccc1)C(C)C(=O)O. The topological polar surface area (TPSA) is 66.8 Å². The van der Waals surface area contributed by atoms with Crippen LogP contribution in [0.25, 0.3) is 0 Å². The number of carboxylic acids is 1. The van der Waals surface area contributed by atoms with E-state index in [0.717, 1.165) is 12.0 Å². The molecule has 0 aliphatic carbocycles. The molecule has 1 aromatic carbocycles. The minimum Gasteiger partial charge on any atom is -0.480 e. The standard InChI is InChI=1S/C18H27NO4/c1-13(2)10-11-23-15(4)17(20)19(14(3)18(21)22)12-16-8-6-5-7-9-16/h5-9,13-15H,10-12H2,1-4H3,(H,21,22). The number of amides is 1. The second-order valence-electron chi connectivity index (χ2n) is 6.16. The molecule has 1 rings (SSSR count). The normalized spacial score (nSPS) is 13.6. The molecule has 23 heavy (non-hydrogen) atoms. The van der Waals surface area contributed by atoms with Gasteiger partial charge < -0.3 is 14.7 Å². The molecule has 0 fully saturated rings. The van der Waals surface area contributed by atoms with Crippen LogP contribution in [0.3, 0.4) is 0 Å². The fourth-order valence-electron chi connectivity index (χ4n) is 2.10. The van der Waals surface area contributed by atoms with Crippen LogP contribution in [0.5, 0.6) is 0 Å². The van der Waals surface area contributed by atoms with Gasteiger partial charge in [-0.2, -0.15) is 0 Å². The molecule has 0 bridgehead atoms. The van der Waals surface area contributed by atoms with E-state index in [1.165, 1.54) is 11.8 Å². The van der Waals surface area contributed by atoms with Crippen molar-refractivity contribution >= 4 is 11.9 Å². The zero-order valence-electron chi connectivity index (χ0n) is 14.4. The smallest absolute Gasteiger partial charge is 0.326 e. The van der Waals surface area contributed by atoms with Crippen LogP contribution < -0.4 is 0 Å². The first-order chi connectivity index (χ1) is 10.8. The summed E-state index contributed by atoms with van der Waals surface area (Å²) in [5.41, 5.74) is 0.892. The summed E-state index contributed by atoms with van der Waals surface area (Å²) in [6, 6.07) is 8.46. The van der Waals surface area contributed by atoms with Crippen molar-refractivity contribution in [2.45, 2.75) is 52.8 Å². The van der Waals surface area contributed by atoms with Crippen LogP contribution in [0.1, 0.15) is 39.7 Å². The van der Waals surface area contributed by atoms with Crippen LogP contribution in [-0.2, 0) is 20.9 Å². The molecule has 0 aliphatic heterocycles. The number of benzene rings is 1. The Balaban J connectivity index is 2.78. The lowest BCUT2D eigenvalue weighted by Crippen LogP contribution is -2.47. The Bertz CT molecular complexity index is 501. The number of carbonyl (C=O) groups is 2. The Hall–Kier alpha value is -1.88. The Morgan fingerprint density at radius 3 is 2.26 bits per heavy atom. The minimum absolute atomic E-state index is 0.255. The number of nitrogens with zero attached hydrogens (tertiary/aromatic N) is 1. The summed E-state index contributed by atoms with van der Waals surface area (Å²) in [6.07, 6.45) is 0.212. The number of rotatable bonds is 9. The van der Waals surface area contributed by atoms with Gasteiger partial charge in [-0.1, -0.05) is 44.2 Å². The highest BCUT2D eigenvalue weighted by molar-refractivity contribution is 5.86. The second-order valence-corrected chi connectivity index (χ2v) is 6.16. The van der Waals surface area contributed by atoms with E-state index in [-0.39, 0.29) is 12.5 Å². The van der Waals surface area contributed by atoms with Crippen LogP contribution in [0.4, 0.5) is 0 Å². The van der Waals surface area contributed by atoms with Crippen LogP contribution in [0.2, 0.25) is 0 Å². The summed E-state index contributed by atoms with van der Waals surface area (Å²) in [5, 5.41) is 9.28. The molecule has 0 aliphatic rings. The third kappa shape index (κ3) is 6.40. The molecule has 128 valence electrons. The van der Waals surface area contributed by atoms with E-state index in [2.05, 4.69) is 13.8 Å². The van der Waals surface area contributed by atoms with Gasteiger partial charge in [0, 0.05) is 13.2 Å². The highest BCUT2D eigenvalue weighted by Gasteiger charge is 2.29. The predicted molar refractivity (Wildman–Crippen MR) is 89.0 cm³/mol. The first-order valence-corrected chi connectivity index (χ1v) is 8.01. The Kier molecular flexibility index (Phi) is 7.75. The van der Waals surface area contributed by atoms with Crippen molar-refractivity contribution in [2.24, 2.45) is 5.92 Å². The Morgan fingerprint density at radius 1 is 1.13 bits per heavy atom. The Labute approximate surface area is 138 Å². The monoisotopic (exact) mass is 321 g/mol. The zero-order valence-corrected chi connectivity index (χ0v) is 14.4. The van der Waals surface area contributed by atoms with Crippen molar-refractivity contribution < 1.29 is 19.4 Å². The maximum absolute atomic E-state index is 12.6. The summed E-state index contributed by atoms with van der Waals surface area (Å²) in [7, 11) is 0. The lowest BCUT2D eigenvalue weighted by atomic mass is 10.1. The molecule has 1 aromatic rings. The molecule has 5 nitrogen and oxygen atoms in total. The molecule has 2 unspecified atom stereocenters. The molecular weight excluding hydrogens is 294 g/mol. The molecular formula is C18H27NO4. The number of carbonyl (C=O) groups excluding carboxylic acids is 1. The van der Waals surface area contributed by atoms with Crippen LogP contribution in [0.15, 0.2) is 30.3 Å². The van der Waals surface area contributed by atoms with Crippen molar-refractivity contribution in [1.82, 2.24) is 4.90 Å². The summed E-state index contributed by atoms with van der Waals surface area (Å²) in [6.45, 7) is 8.11. The fourth-order valence-corrected chi connectivity index (χ4v) is 2.10. The molecule has 2 atom stereocenters. The average molecular weight is 321 g/mol. The van der Waals surface area contributed by atoms with Crippen molar-refractivity contribution in [2.75, 3.05) is 6.61 Å². The van der Waals surface area contributed by atoms with Crippen molar-refractivity contribution in [3.63, 3.8) is 0 Å². The minimum atomic E-state index is -1.02. The van der Waals surface area contributed by atoms with Crippen molar-refractivity contribution in [3.05, 3.63) is 35.9 Å². The third-order valence-corrected chi connectivity index (χ3v) is 3.71. The van der Waals surface area contributed by atoms with E-state index in [9.17, 15) is 14.7 Å². The summed E-state index contributed by atoms with van der Waals surface area (Å²) in [5.74, 6) is -0.827. The largest absolute Gasteiger partial charge is 0.480 e. The van der Waals surface area contributed by atoms with E-state index < -0.39 is 18.1 Å². The van der Waals surface area contributed by atoms with E-state index in [4.69, 9.17) is 4.74 Å². The van der Waals surface area contributed by atoms with Gasteiger partial charge in [-0.25, -0.2) is 4.79 Å². The number of carboxylic acid groups (broad SMARTS) is 1. The molecule has 0 saturated heterocycles. The van der Waals surface area contributed by atoms with Gasteiger partial charge in [0.25, 0.3) is 5.91 Å². The van der Waals surface area contributed by atoms with Crippen LogP contribution in [0, 0.1) is 5.92 Å². The molecule has 1 N–H and O–H groups in total. The van der Waals surface area contributed by atoms with Gasteiger partial charge in [-0.15, -0.1) is 0 Å². The first-order valence-electron chi connectivity index (χ1n) is 8.01. The average Bonchev–Trinajstić information content (AvgIpc) is 2.51. The van der Waals surface area contributed by atoms with Gasteiger partial charge in [0.05, 0.1) is 0 Å². The molecule has 0 heterocycles. The predicted octanol–water partition coefficient (Wildman–Crippen LogP) is 2.94. The Morgan fingerprint density at radius 2 is 1.74 bits per heavy atom. The third-order valence-electron chi connectivity index (χ3n) is 3.71. The molecule has 0 spiro atoms. The van der Waals surface area contributed by atoms with E-state index >= 15 is 0 Å². The quantitative estimate of drug-likeness (QED) is 0.759. The summed E-state index contributed by atoms with van der Waals surface area (Å²) < 4.78 is 5.58. The maximum atomic E-state index is 12.6. The van der Waals surface area contributed by atoms with Crippen molar-refractivity contribution in [1.29, 1.82) is 0 Å². The van der Waals surface area contributed by atoms with Crippen LogP contribution in [-0.4, -0.2) is 40.6 Å². The van der Waals surface area contributed by atoms with Crippen LogP contribution >= 0.6 is 0 Å². The summed E-state index contributed by atoms with van der Waals surface area (Å²) >= 11 is 0. The number of ether oxygens (including phenoxy) is 1. The van der Waals surface area contributed by atoms with Gasteiger partial charge in [0.1, 0.15) is 12.1 Å². The molecule has 0 saturated carbocycles. The van der Waals surface area contributed by atoms with Gasteiger partial charge >= 0.3 is 5.97 Å². The fraction of sp³-hybridized carbons (Fsp3) is 0.556. The second kappa shape index (κ2) is 9.30. The van der Waals surface area contributed by atoms with Gasteiger partial charge in [-0.3, -0.25) is 4.79 Å². The first kappa shape index (κ1) is 19.2. The zero-order chi connectivity index (χ0) is 17.4. The van der Waals surface area contributed by atoms with E-state index in [0.29, 0.717) is 12.5 Å². The van der Waals surface area contributed by atoms with E-state index in [1.54, 1.807) is 6.92 Å². The molecule has 0 aromatic heterocycles. The van der Waals surface area contributed by atoms with Crippen molar-refractivity contribution in [3.8, 4) is 0 Å². The highest BCUT2D eigenvalue weighted by Crippen LogP contribution is 2.12. The summed E-state index contributed by atoms with van der Waals surface area (Å²) in [4.78, 5) is 25.3. The lowest BCUT2D eigenvalue weighted by Gasteiger charge is -2.29. The molecule has 1 amide bonds. The number of aliphatic carboxylic acids is 1. The molecule has 0 radical (unpaired) electrons. The van der Waals surface area contributed by atoms with Gasteiger partial charge in [0.2, 0.25) is 0 Å². The maximum Gasteiger partial charge on any atom is 0.326 e. The highest BCUT2D eigenvalue weighted by atomic mass is 16.5. The van der Waals surface area contributed by atoms with Gasteiger partial charge in [-0.05, 0) is 31.7 Å².